The first-order chi connectivity index (χ1) is 11.6. The summed E-state index contributed by atoms with van der Waals surface area (Å²) in [6.45, 7) is 0.285. The van der Waals surface area contributed by atoms with E-state index < -0.39 is 22.1 Å². The quantitative estimate of drug-likeness (QED) is 0.932. The Morgan fingerprint density at radius 3 is 2.54 bits per heavy atom. The van der Waals surface area contributed by atoms with Crippen molar-refractivity contribution in [2.24, 2.45) is 0 Å². The Hall–Kier alpha value is -2.34. The van der Waals surface area contributed by atoms with Crippen LogP contribution in [-0.4, -0.2) is 25.3 Å². The van der Waals surface area contributed by atoms with Gasteiger partial charge < -0.3 is 5.32 Å². The second-order valence-corrected chi connectivity index (χ2v) is 8.01. The number of hydrogen-bond acceptors (Lipinski definition) is 3. The van der Waals surface area contributed by atoms with Gasteiger partial charge in [-0.1, -0.05) is 36.4 Å². The van der Waals surface area contributed by atoms with E-state index >= 15 is 0 Å². The van der Waals surface area contributed by atoms with Gasteiger partial charge in [-0.2, -0.15) is 0 Å². The van der Waals surface area contributed by atoms with Crippen LogP contribution in [-0.2, 0) is 22.9 Å². The number of fused-ring (bicyclic) bond motifs is 1. The van der Waals surface area contributed by atoms with Gasteiger partial charge in [-0.3, -0.25) is 0 Å². The van der Waals surface area contributed by atoms with Crippen LogP contribution in [0.3, 0.4) is 0 Å². The molecule has 0 spiro atoms. The molecule has 0 aromatic heterocycles. The van der Waals surface area contributed by atoms with E-state index in [0.29, 0.717) is 0 Å². The third-order valence-corrected chi connectivity index (χ3v) is 6.53. The molecule has 6 heteroatoms. The SMILES string of the molecule is O=C1NCC(c2ccccc2)N1S(=O)(=O)c1ccc2c(c1)CCC2. The molecule has 1 aliphatic carbocycles. The molecule has 1 aliphatic heterocycles. The number of amides is 2. The number of carbonyl (C=O) groups is 1. The van der Waals surface area contributed by atoms with E-state index in [1.807, 2.05) is 36.4 Å². The summed E-state index contributed by atoms with van der Waals surface area (Å²) in [7, 11) is -3.89. The Labute approximate surface area is 141 Å². The molecule has 2 aromatic carbocycles. The van der Waals surface area contributed by atoms with Crippen molar-refractivity contribution in [2.75, 3.05) is 6.54 Å². The van der Waals surface area contributed by atoms with Gasteiger partial charge in [0.1, 0.15) is 0 Å². The van der Waals surface area contributed by atoms with E-state index in [9.17, 15) is 13.2 Å². The summed E-state index contributed by atoms with van der Waals surface area (Å²) in [6, 6.07) is 13.4. The number of carbonyl (C=O) groups excluding carboxylic acids is 1. The van der Waals surface area contributed by atoms with Crippen LogP contribution in [0.2, 0.25) is 0 Å². The smallest absolute Gasteiger partial charge is 0.332 e. The first-order valence-electron chi connectivity index (χ1n) is 8.06. The Morgan fingerprint density at radius 2 is 1.75 bits per heavy atom. The number of hydrogen-bond donors (Lipinski definition) is 1. The second kappa shape index (κ2) is 5.63. The molecule has 0 radical (unpaired) electrons. The van der Waals surface area contributed by atoms with Crippen LogP contribution in [0.25, 0.3) is 0 Å². The molecule has 2 aromatic rings. The topological polar surface area (TPSA) is 66.5 Å². The van der Waals surface area contributed by atoms with Crippen LogP contribution in [0.15, 0.2) is 53.4 Å². The lowest BCUT2D eigenvalue weighted by molar-refractivity contribution is 0.231. The largest absolute Gasteiger partial charge is 0.335 e. The van der Waals surface area contributed by atoms with E-state index in [1.54, 1.807) is 12.1 Å². The van der Waals surface area contributed by atoms with Gasteiger partial charge in [0.25, 0.3) is 10.0 Å². The fraction of sp³-hybridized carbons (Fsp3) is 0.278. The molecule has 1 N–H and O–H groups in total. The number of sulfonamides is 1. The lowest BCUT2D eigenvalue weighted by Gasteiger charge is -2.23. The summed E-state index contributed by atoms with van der Waals surface area (Å²) in [4.78, 5) is 12.4. The minimum atomic E-state index is -3.89. The predicted molar refractivity (Wildman–Crippen MR) is 90.1 cm³/mol. The lowest BCUT2D eigenvalue weighted by Crippen LogP contribution is -2.36. The molecule has 1 heterocycles. The standard InChI is InChI=1S/C18H18N2O3S/c21-18-19-12-17(14-5-2-1-3-6-14)20(18)24(22,23)16-10-9-13-7-4-8-15(13)11-16/h1-3,5-6,9-11,17H,4,7-8,12H2,(H,19,21). The maximum Gasteiger partial charge on any atom is 0.332 e. The van der Waals surface area contributed by atoms with Crippen LogP contribution < -0.4 is 5.32 Å². The van der Waals surface area contributed by atoms with E-state index in [-0.39, 0.29) is 11.4 Å². The molecule has 2 aliphatic rings. The van der Waals surface area contributed by atoms with Gasteiger partial charge in [-0.25, -0.2) is 17.5 Å². The third kappa shape index (κ3) is 2.38. The van der Waals surface area contributed by atoms with Crippen molar-refractivity contribution in [1.29, 1.82) is 0 Å². The molecular weight excluding hydrogens is 324 g/mol. The Bertz CT molecular complexity index is 894. The molecule has 1 saturated heterocycles. The summed E-state index contributed by atoms with van der Waals surface area (Å²) in [6.07, 6.45) is 2.94. The molecule has 4 rings (SSSR count). The fourth-order valence-electron chi connectivity index (χ4n) is 3.51. The number of nitrogens with one attached hydrogen (secondary N) is 1. The molecule has 1 fully saturated rings. The number of nitrogens with zero attached hydrogens (tertiary/aromatic N) is 1. The molecule has 5 nitrogen and oxygen atoms in total. The number of rotatable bonds is 3. The number of benzene rings is 2. The Balaban J connectivity index is 1.76. The second-order valence-electron chi connectivity index (χ2n) is 6.20. The zero-order chi connectivity index (χ0) is 16.7. The minimum absolute atomic E-state index is 0.195. The highest BCUT2D eigenvalue weighted by atomic mass is 32.2. The summed E-state index contributed by atoms with van der Waals surface area (Å²) < 4.78 is 27.2. The average Bonchev–Trinajstić information content (AvgIpc) is 3.21. The normalized spacial score (nSPS) is 20.1. The highest BCUT2D eigenvalue weighted by Gasteiger charge is 2.41. The molecule has 2 amide bonds. The average molecular weight is 342 g/mol. The van der Waals surface area contributed by atoms with Gasteiger partial charge in [0.15, 0.2) is 0 Å². The van der Waals surface area contributed by atoms with Gasteiger partial charge >= 0.3 is 6.03 Å². The lowest BCUT2D eigenvalue weighted by atomic mass is 10.1. The first-order valence-corrected chi connectivity index (χ1v) is 9.50. The molecule has 24 heavy (non-hydrogen) atoms. The van der Waals surface area contributed by atoms with Crippen LogP contribution >= 0.6 is 0 Å². The minimum Gasteiger partial charge on any atom is -0.335 e. The van der Waals surface area contributed by atoms with E-state index in [0.717, 1.165) is 34.7 Å². The van der Waals surface area contributed by atoms with Gasteiger partial charge in [0.2, 0.25) is 0 Å². The van der Waals surface area contributed by atoms with Gasteiger partial charge in [0, 0.05) is 6.54 Å². The van der Waals surface area contributed by atoms with Crippen LogP contribution in [0.5, 0.6) is 0 Å². The zero-order valence-corrected chi connectivity index (χ0v) is 13.9. The van der Waals surface area contributed by atoms with E-state index in [2.05, 4.69) is 5.32 Å². The van der Waals surface area contributed by atoms with Crippen molar-refractivity contribution in [2.45, 2.75) is 30.2 Å². The van der Waals surface area contributed by atoms with Gasteiger partial charge in [0.05, 0.1) is 10.9 Å². The predicted octanol–water partition coefficient (Wildman–Crippen LogP) is 2.63. The van der Waals surface area contributed by atoms with Crippen LogP contribution in [0.4, 0.5) is 4.79 Å². The summed E-state index contributed by atoms with van der Waals surface area (Å²) >= 11 is 0. The van der Waals surface area contributed by atoms with Gasteiger partial charge in [-0.05, 0) is 48.1 Å². The van der Waals surface area contributed by atoms with Crippen molar-refractivity contribution in [3.05, 3.63) is 65.2 Å². The van der Waals surface area contributed by atoms with Crippen molar-refractivity contribution in [3.8, 4) is 0 Å². The Kier molecular flexibility index (Phi) is 3.57. The molecular formula is C18H18N2O3S. The number of urea groups is 1. The highest BCUT2D eigenvalue weighted by molar-refractivity contribution is 7.89. The summed E-state index contributed by atoms with van der Waals surface area (Å²) in [5.41, 5.74) is 3.09. The summed E-state index contributed by atoms with van der Waals surface area (Å²) in [5.74, 6) is 0. The highest BCUT2D eigenvalue weighted by Crippen LogP contribution is 2.32. The Morgan fingerprint density at radius 1 is 1.00 bits per heavy atom. The third-order valence-electron chi connectivity index (χ3n) is 4.74. The molecule has 1 unspecified atom stereocenters. The van der Waals surface area contributed by atoms with Crippen molar-refractivity contribution in [1.82, 2.24) is 9.62 Å². The van der Waals surface area contributed by atoms with E-state index in [4.69, 9.17) is 0 Å². The van der Waals surface area contributed by atoms with E-state index in [1.165, 1.54) is 5.56 Å². The first kappa shape index (κ1) is 15.2. The molecule has 124 valence electrons. The fourth-order valence-corrected chi connectivity index (χ4v) is 5.09. The summed E-state index contributed by atoms with van der Waals surface area (Å²) in [5, 5.41) is 2.65. The maximum atomic E-state index is 13.1. The van der Waals surface area contributed by atoms with Crippen molar-refractivity contribution >= 4 is 16.1 Å². The zero-order valence-electron chi connectivity index (χ0n) is 13.1. The van der Waals surface area contributed by atoms with Crippen molar-refractivity contribution in [3.63, 3.8) is 0 Å². The monoisotopic (exact) mass is 342 g/mol. The van der Waals surface area contributed by atoms with Gasteiger partial charge in [-0.15, -0.1) is 0 Å². The van der Waals surface area contributed by atoms with Crippen LogP contribution in [0, 0.1) is 0 Å². The molecule has 1 atom stereocenters. The van der Waals surface area contributed by atoms with Crippen LogP contribution in [0.1, 0.15) is 29.2 Å². The molecule has 0 bridgehead atoms. The van der Waals surface area contributed by atoms with Crippen molar-refractivity contribution < 1.29 is 13.2 Å². The maximum absolute atomic E-state index is 13.1. The number of aryl methyl sites for hydroxylation is 2. The molecule has 0 saturated carbocycles.